The standard InChI is InChI=1S/C12H12ClNO2/c1-15-12-6-8-2-3-11(13)5-9(8)4-10(12)7-16-14/h2-6H,7,14H2,1H3. The molecule has 0 bridgehead atoms. The summed E-state index contributed by atoms with van der Waals surface area (Å²) in [4.78, 5) is 4.64. The first-order valence-electron chi connectivity index (χ1n) is 4.82. The summed E-state index contributed by atoms with van der Waals surface area (Å²) in [5.74, 6) is 5.84. The van der Waals surface area contributed by atoms with Crippen molar-refractivity contribution in [1.82, 2.24) is 0 Å². The number of methoxy groups -OCH3 is 1. The number of hydrogen-bond acceptors (Lipinski definition) is 3. The lowest BCUT2D eigenvalue weighted by molar-refractivity contribution is 0.122. The Hall–Kier alpha value is -1.29. The van der Waals surface area contributed by atoms with Crippen LogP contribution in [0, 0.1) is 0 Å². The fourth-order valence-corrected chi connectivity index (χ4v) is 1.87. The molecule has 0 saturated carbocycles. The molecule has 0 heterocycles. The lowest BCUT2D eigenvalue weighted by Gasteiger charge is -2.09. The average molecular weight is 238 g/mol. The van der Waals surface area contributed by atoms with Crippen molar-refractivity contribution in [3.63, 3.8) is 0 Å². The van der Waals surface area contributed by atoms with Gasteiger partial charge in [0.05, 0.1) is 13.7 Å². The Morgan fingerprint density at radius 3 is 2.69 bits per heavy atom. The zero-order valence-electron chi connectivity index (χ0n) is 8.87. The molecule has 2 aromatic rings. The van der Waals surface area contributed by atoms with Gasteiger partial charge in [0.2, 0.25) is 0 Å². The Labute approximate surface area is 98.7 Å². The predicted molar refractivity (Wildman–Crippen MR) is 64.5 cm³/mol. The Morgan fingerprint density at radius 1 is 1.19 bits per heavy atom. The quantitative estimate of drug-likeness (QED) is 0.835. The summed E-state index contributed by atoms with van der Waals surface area (Å²) in [5.41, 5.74) is 0.903. The molecule has 0 aliphatic rings. The SMILES string of the molecule is COc1cc2ccc(Cl)cc2cc1CON. The normalized spacial score (nSPS) is 10.7. The second-order valence-corrected chi connectivity index (χ2v) is 3.90. The minimum Gasteiger partial charge on any atom is -0.496 e. The van der Waals surface area contributed by atoms with E-state index in [9.17, 15) is 0 Å². The van der Waals surface area contributed by atoms with Crippen molar-refractivity contribution in [1.29, 1.82) is 0 Å². The highest BCUT2D eigenvalue weighted by atomic mass is 35.5. The molecule has 3 nitrogen and oxygen atoms in total. The Morgan fingerprint density at radius 2 is 2.00 bits per heavy atom. The predicted octanol–water partition coefficient (Wildman–Crippen LogP) is 2.89. The van der Waals surface area contributed by atoms with Crippen molar-refractivity contribution >= 4 is 22.4 Å². The van der Waals surface area contributed by atoms with E-state index < -0.39 is 0 Å². The van der Waals surface area contributed by atoms with Gasteiger partial charge >= 0.3 is 0 Å². The fraction of sp³-hybridized carbons (Fsp3) is 0.167. The van der Waals surface area contributed by atoms with Crippen molar-refractivity contribution in [2.45, 2.75) is 6.61 Å². The highest BCUT2D eigenvalue weighted by molar-refractivity contribution is 6.31. The van der Waals surface area contributed by atoms with Crippen LogP contribution in [0.1, 0.15) is 5.56 Å². The van der Waals surface area contributed by atoms with E-state index in [0.29, 0.717) is 11.6 Å². The molecule has 2 N–H and O–H groups in total. The van der Waals surface area contributed by atoms with Gasteiger partial charge in [-0.15, -0.1) is 0 Å². The molecular formula is C12H12ClNO2. The molecular weight excluding hydrogens is 226 g/mol. The highest BCUT2D eigenvalue weighted by Gasteiger charge is 2.05. The number of benzene rings is 2. The lowest BCUT2D eigenvalue weighted by atomic mass is 10.1. The van der Waals surface area contributed by atoms with E-state index in [1.807, 2.05) is 30.3 Å². The number of halogens is 1. The third-order valence-corrected chi connectivity index (χ3v) is 2.68. The summed E-state index contributed by atoms with van der Waals surface area (Å²) in [6.07, 6.45) is 0. The molecule has 84 valence electrons. The Bertz CT molecular complexity index is 514. The van der Waals surface area contributed by atoms with E-state index in [4.69, 9.17) is 22.2 Å². The van der Waals surface area contributed by atoms with Crippen LogP contribution < -0.4 is 10.6 Å². The first kappa shape index (κ1) is 11.2. The zero-order valence-corrected chi connectivity index (χ0v) is 9.62. The average Bonchev–Trinajstić information content (AvgIpc) is 2.28. The van der Waals surface area contributed by atoms with Gasteiger partial charge in [0.25, 0.3) is 0 Å². The summed E-state index contributed by atoms with van der Waals surface area (Å²) < 4.78 is 5.27. The molecule has 0 fully saturated rings. The van der Waals surface area contributed by atoms with Crippen LogP contribution >= 0.6 is 11.6 Å². The summed E-state index contributed by atoms with van der Waals surface area (Å²) >= 11 is 5.93. The lowest BCUT2D eigenvalue weighted by Crippen LogP contribution is -2.01. The van der Waals surface area contributed by atoms with Crippen LogP contribution in [0.4, 0.5) is 0 Å². The van der Waals surface area contributed by atoms with Gasteiger partial charge in [-0.1, -0.05) is 17.7 Å². The van der Waals surface area contributed by atoms with E-state index in [0.717, 1.165) is 22.1 Å². The largest absolute Gasteiger partial charge is 0.496 e. The van der Waals surface area contributed by atoms with Gasteiger partial charge in [0, 0.05) is 10.6 Å². The minimum absolute atomic E-state index is 0.311. The molecule has 0 spiro atoms. The maximum absolute atomic E-state index is 5.93. The molecule has 0 aliphatic carbocycles. The highest BCUT2D eigenvalue weighted by Crippen LogP contribution is 2.28. The maximum atomic E-state index is 5.93. The monoisotopic (exact) mass is 237 g/mol. The third-order valence-electron chi connectivity index (χ3n) is 2.44. The third kappa shape index (κ3) is 2.11. The van der Waals surface area contributed by atoms with Crippen LogP contribution in [-0.4, -0.2) is 7.11 Å². The van der Waals surface area contributed by atoms with Crippen LogP contribution in [0.25, 0.3) is 10.8 Å². The van der Waals surface area contributed by atoms with Gasteiger partial charge in [-0.3, -0.25) is 4.84 Å². The Kier molecular flexibility index (Phi) is 3.29. The van der Waals surface area contributed by atoms with E-state index in [-0.39, 0.29) is 0 Å². The topological polar surface area (TPSA) is 44.5 Å². The molecule has 0 saturated heterocycles. The molecule has 2 aromatic carbocycles. The summed E-state index contributed by atoms with van der Waals surface area (Å²) in [7, 11) is 1.62. The molecule has 0 atom stereocenters. The number of hydrogen-bond donors (Lipinski definition) is 1. The fourth-order valence-electron chi connectivity index (χ4n) is 1.69. The van der Waals surface area contributed by atoms with Crippen LogP contribution in [0.2, 0.25) is 5.02 Å². The van der Waals surface area contributed by atoms with Crippen molar-refractivity contribution in [3.8, 4) is 5.75 Å². The summed E-state index contributed by atoms with van der Waals surface area (Å²) in [6, 6.07) is 9.61. The van der Waals surface area contributed by atoms with Crippen molar-refractivity contribution in [2.75, 3.05) is 7.11 Å². The van der Waals surface area contributed by atoms with E-state index in [2.05, 4.69) is 4.84 Å². The van der Waals surface area contributed by atoms with Crippen molar-refractivity contribution in [3.05, 3.63) is 40.9 Å². The van der Waals surface area contributed by atoms with Gasteiger partial charge in [0.1, 0.15) is 5.75 Å². The molecule has 0 aliphatic heterocycles. The molecule has 16 heavy (non-hydrogen) atoms. The molecule has 2 rings (SSSR count). The first-order valence-corrected chi connectivity index (χ1v) is 5.20. The smallest absolute Gasteiger partial charge is 0.125 e. The van der Waals surface area contributed by atoms with Gasteiger partial charge in [-0.25, -0.2) is 5.90 Å². The maximum Gasteiger partial charge on any atom is 0.125 e. The van der Waals surface area contributed by atoms with Gasteiger partial charge in [-0.2, -0.15) is 0 Å². The van der Waals surface area contributed by atoms with Crippen molar-refractivity contribution < 1.29 is 9.57 Å². The zero-order chi connectivity index (χ0) is 11.5. The van der Waals surface area contributed by atoms with Crippen LogP contribution in [0.3, 0.4) is 0 Å². The second kappa shape index (κ2) is 4.70. The Balaban J connectivity index is 2.60. The van der Waals surface area contributed by atoms with Crippen LogP contribution in [0.5, 0.6) is 5.75 Å². The minimum atomic E-state index is 0.311. The molecule has 0 radical (unpaired) electrons. The molecule has 0 aromatic heterocycles. The second-order valence-electron chi connectivity index (χ2n) is 3.47. The molecule has 0 unspecified atom stereocenters. The van der Waals surface area contributed by atoms with Crippen LogP contribution in [0.15, 0.2) is 30.3 Å². The number of nitrogens with two attached hydrogens (primary N) is 1. The number of fused-ring (bicyclic) bond motifs is 1. The summed E-state index contributed by atoms with van der Waals surface area (Å²) in [6.45, 7) is 0.311. The number of rotatable bonds is 3. The van der Waals surface area contributed by atoms with E-state index in [1.165, 1.54) is 0 Å². The van der Waals surface area contributed by atoms with Crippen molar-refractivity contribution in [2.24, 2.45) is 5.90 Å². The van der Waals surface area contributed by atoms with Gasteiger partial charge in [0.15, 0.2) is 0 Å². The molecule has 4 heteroatoms. The van der Waals surface area contributed by atoms with E-state index in [1.54, 1.807) is 7.11 Å². The van der Waals surface area contributed by atoms with Gasteiger partial charge < -0.3 is 4.74 Å². The van der Waals surface area contributed by atoms with Crippen LogP contribution in [-0.2, 0) is 11.4 Å². The first-order chi connectivity index (χ1) is 7.74. The van der Waals surface area contributed by atoms with E-state index >= 15 is 0 Å². The van der Waals surface area contributed by atoms with Gasteiger partial charge in [-0.05, 0) is 35.0 Å². The molecule has 0 amide bonds. The summed E-state index contributed by atoms with van der Waals surface area (Å²) in [5, 5.41) is 2.82. The number of ether oxygens (including phenoxy) is 1.